The summed E-state index contributed by atoms with van der Waals surface area (Å²) in [7, 11) is 0. The maximum atomic E-state index is 13.7. The highest BCUT2D eigenvalue weighted by atomic mass is 19.1. The number of hydrogen-bond donors (Lipinski definition) is 0. The maximum absolute atomic E-state index is 13.7. The SMILES string of the molecule is N#Cc1cc(C2OC(=O)C[C@@H]2C(=O)N2CCN(Cc3ccc4c(c3)OCO4)CC2)ccc1F. The molecule has 170 valence electrons. The average molecular weight is 451 g/mol. The number of carbonyl (C=O) groups is 2. The van der Waals surface area contributed by atoms with Crippen molar-refractivity contribution in [1.82, 2.24) is 9.80 Å². The second-order valence-corrected chi connectivity index (χ2v) is 8.36. The van der Waals surface area contributed by atoms with E-state index in [1.807, 2.05) is 18.2 Å². The number of benzene rings is 2. The fraction of sp³-hybridized carbons (Fsp3) is 0.375. The normalized spacial score (nSPS) is 22.2. The number of fused-ring (bicyclic) bond motifs is 1. The summed E-state index contributed by atoms with van der Waals surface area (Å²) in [4.78, 5) is 29.3. The van der Waals surface area contributed by atoms with E-state index in [-0.39, 0.29) is 24.7 Å². The van der Waals surface area contributed by atoms with Gasteiger partial charge in [0.05, 0.1) is 17.9 Å². The van der Waals surface area contributed by atoms with Crippen LogP contribution in [0.1, 0.15) is 29.2 Å². The smallest absolute Gasteiger partial charge is 0.307 e. The van der Waals surface area contributed by atoms with Crippen LogP contribution >= 0.6 is 0 Å². The molecule has 0 bridgehead atoms. The Hall–Kier alpha value is -3.64. The molecule has 0 aliphatic carbocycles. The van der Waals surface area contributed by atoms with Crippen LogP contribution in [-0.2, 0) is 20.9 Å². The number of nitrogens with zero attached hydrogens (tertiary/aromatic N) is 3. The molecule has 1 amide bonds. The summed E-state index contributed by atoms with van der Waals surface area (Å²) < 4.78 is 29.9. The number of carbonyl (C=O) groups excluding carboxylic acids is 2. The van der Waals surface area contributed by atoms with E-state index in [9.17, 15) is 14.0 Å². The van der Waals surface area contributed by atoms with Crippen LogP contribution in [0.3, 0.4) is 0 Å². The monoisotopic (exact) mass is 451 g/mol. The Morgan fingerprint density at radius 1 is 1.09 bits per heavy atom. The number of rotatable bonds is 4. The van der Waals surface area contributed by atoms with Crippen molar-refractivity contribution in [3.63, 3.8) is 0 Å². The van der Waals surface area contributed by atoms with Gasteiger partial charge in [0.15, 0.2) is 11.5 Å². The minimum absolute atomic E-state index is 0.0276. The molecule has 0 spiro atoms. The highest BCUT2D eigenvalue weighted by Gasteiger charge is 2.43. The van der Waals surface area contributed by atoms with Gasteiger partial charge in [-0.2, -0.15) is 5.26 Å². The molecule has 0 aromatic heterocycles. The lowest BCUT2D eigenvalue weighted by Crippen LogP contribution is -2.50. The third kappa shape index (κ3) is 4.22. The molecule has 2 aromatic carbocycles. The zero-order valence-electron chi connectivity index (χ0n) is 17.8. The molecule has 2 aromatic rings. The van der Waals surface area contributed by atoms with Crippen LogP contribution in [0.2, 0.25) is 0 Å². The third-order valence-electron chi connectivity index (χ3n) is 6.29. The predicted molar refractivity (Wildman–Crippen MR) is 112 cm³/mol. The van der Waals surface area contributed by atoms with Gasteiger partial charge in [0, 0.05) is 32.7 Å². The van der Waals surface area contributed by atoms with Crippen LogP contribution < -0.4 is 9.47 Å². The number of esters is 1. The number of amides is 1. The topological polar surface area (TPSA) is 92.1 Å². The highest BCUT2D eigenvalue weighted by Crippen LogP contribution is 2.37. The number of hydrogen-bond acceptors (Lipinski definition) is 7. The van der Waals surface area contributed by atoms with Gasteiger partial charge >= 0.3 is 5.97 Å². The molecule has 3 aliphatic heterocycles. The summed E-state index contributed by atoms with van der Waals surface area (Å²) in [6.07, 6.45) is -0.843. The summed E-state index contributed by atoms with van der Waals surface area (Å²) in [5.74, 6) is -0.459. The zero-order chi connectivity index (χ0) is 22.9. The Labute approximate surface area is 190 Å². The molecule has 2 saturated heterocycles. The van der Waals surface area contributed by atoms with Crippen LogP contribution in [0, 0.1) is 23.1 Å². The highest BCUT2D eigenvalue weighted by molar-refractivity contribution is 5.87. The molecule has 3 heterocycles. The van der Waals surface area contributed by atoms with Crippen LogP contribution in [0.25, 0.3) is 0 Å². The van der Waals surface area contributed by atoms with Gasteiger partial charge in [-0.15, -0.1) is 0 Å². The molecular formula is C24H22FN3O5. The number of nitriles is 1. The molecule has 0 radical (unpaired) electrons. The van der Waals surface area contributed by atoms with Crippen molar-refractivity contribution in [2.75, 3.05) is 33.0 Å². The molecule has 5 rings (SSSR count). The van der Waals surface area contributed by atoms with Gasteiger partial charge in [0.1, 0.15) is 18.0 Å². The lowest BCUT2D eigenvalue weighted by Gasteiger charge is -2.36. The third-order valence-corrected chi connectivity index (χ3v) is 6.29. The van der Waals surface area contributed by atoms with Crippen molar-refractivity contribution in [2.45, 2.75) is 19.1 Å². The Kier molecular flexibility index (Phi) is 5.60. The van der Waals surface area contributed by atoms with Gasteiger partial charge in [-0.1, -0.05) is 12.1 Å². The predicted octanol–water partition coefficient (Wildman–Crippen LogP) is 2.37. The van der Waals surface area contributed by atoms with Crippen molar-refractivity contribution >= 4 is 11.9 Å². The van der Waals surface area contributed by atoms with Gasteiger partial charge in [-0.25, -0.2) is 4.39 Å². The Morgan fingerprint density at radius 3 is 2.67 bits per heavy atom. The van der Waals surface area contributed by atoms with E-state index in [2.05, 4.69) is 4.90 Å². The first-order valence-electron chi connectivity index (χ1n) is 10.8. The molecule has 2 atom stereocenters. The van der Waals surface area contributed by atoms with E-state index in [1.54, 1.807) is 11.0 Å². The molecular weight excluding hydrogens is 429 g/mol. The number of ether oxygens (including phenoxy) is 3. The van der Waals surface area contributed by atoms with Gasteiger partial charge in [0.2, 0.25) is 12.7 Å². The van der Waals surface area contributed by atoms with Crippen molar-refractivity contribution in [1.29, 1.82) is 5.26 Å². The first-order valence-corrected chi connectivity index (χ1v) is 10.8. The molecule has 8 nitrogen and oxygen atoms in total. The summed E-state index contributed by atoms with van der Waals surface area (Å²) in [5, 5.41) is 9.10. The number of halogens is 1. The first kappa shape index (κ1) is 21.2. The van der Waals surface area contributed by atoms with Crippen LogP contribution in [-0.4, -0.2) is 54.6 Å². The fourth-order valence-corrected chi connectivity index (χ4v) is 4.54. The zero-order valence-corrected chi connectivity index (χ0v) is 17.8. The summed E-state index contributed by atoms with van der Waals surface area (Å²) in [5.41, 5.74) is 1.43. The van der Waals surface area contributed by atoms with Crippen LogP contribution in [0.15, 0.2) is 36.4 Å². The van der Waals surface area contributed by atoms with E-state index in [0.717, 1.165) is 29.7 Å². The molecule has 0 saturated carbocycles. The molecule has 1 unspecified atom stereocenters. The van der Waals surface area contributed by atoms with E-state index >= 15 is 0 Å². The second kappa shape index (κ2) is 8.71. The van der Waals surface area contributed by atoms with E-state index in [1.165, 1.54) is 12.1 Å². The second-order valence-electron chi connectivity index (χ2n) is 8.36. The lowest BCUT2D eigenvalue weighted by atomic mass is 9.92. The maximum Gasteiger partial charge on any atom is 0.307 e. The van der Waals surface area contributed by atoms with Crippen LogP contribution in [0.4, 0.5) is 4.39 Å². The molecule has 0 N–H and O–H groups in total. The number of cyclic esters (lactones) is 1. The van der Waals surface area contributed by atoms with E-state index < -0.39 is 23.8 Å². The molecule has 33 heavy (non-hydrogen) atoms. The quantitative estimate of drug-likeness (QED) is 0.659. The van der Waals surface area contributed by atoms with Crippen molar-refractivity contribution < 1.29 is 28.2 Å². The van der Waals surface area contributed by atoms with Crippen molar-refractivity contribution in [2.24, 2.45) is 5.92 Å². The van der Waals surface area contributed by atoms with Gasteiger partial charge in [-0.3, -0.25) is 14.5 Å². The average Bonchev–Trinajstić information content (AvgIpc) is 3.45. The van der Waals surface area contributed by atoms with Gasteiger partial charge in [0.25, 0.3) is 0 Å². The van der Waals surface area contributed by atoms with E-state index in [0.29, 0.717) is 31.7 Å². The standard InChI is InChI=1S/C24H22FN3O5/c25-19-3-2-16(10-17(19)12-26)23-18(11-22(29)33-23)24(30)28-7-5-27(6-8-28)13-15-1-4-20-21(9-15)32-14-31-20/h1-4,9-10,18,23H,5-8,11,13-14H2/t18-,23?/m0/s1. The molecule has 9 heteroatoms. The van der Waals surface area contributed by atoms with Crippen molar-refractivity contribution in [3.05, 3.63) is 58.9 Å². The minimum atomic E-state index is -0.815. The van der Waals surface area contributed by atoms with Gasteiger partial charge in [-0.05, 0) is 35.4 Å². The largest absolute Gasteiger partial charge is 0.457 e. The lowest BCUT2D eigenvalue weighted by molar-refractivity contribution is -0.142. The molecule has 2 fully saturated rings. The summed E-state index contributed by atoms with van der Waals surface area (Å²) >= 11 is 0. The number of piperazine rings is 1. The molecule has 3 aliphatic rings. The Bertz CT molecular complexity index is 1140. The van der Waals surface area contributed by atoms with Gasteiger partial charge < -0.3 is 19.1 Å². The minimum Gasteiger partial charge on any atom is -0.457 e. The van der Waals surface area contributed by atoms with Crippen molar-refractivity contribution in [3.8, 4) is 17.6 Å². The van der Waals surface area contributed by atoms with Crippen LogP contribution in [0.5, 0.6) is 11.5 Å². The first-order chi connectivity index (χ1) is 16.0. The summed E-state index contributed by atoms with van der Waals surface area (Å²) in [6, 6.07) is 11.6. The Morgan fingerprint density at radius 2 is 1.88 bits per heavy atom. The van der Waals surface area contributed by atoms with E-state index in [4.69, 9.17) is 19.5 Å². The fourth-order valence-electron chi connectivity index (χ4n) is 4.54. The Balaban J connectivity index is 1.22. The summed E-state index contributed by atoms with van der Waals surface area (Å²) in [6.45, 7) is 3.44.